The van der Waals surface area contributed by atoms with Crippen LogP contribution in [0.3, 0.4) is 0 Å². The number of alkyl halides is 23. The predicted molar refractivity (Wildman–Crippen MR) is 130 cm³/mol. The van der Waals surface area contributed by atoms with Gasteiger partial charge in [-0.15, -0.1) is 0 Å². The highest BCUT2D eigenvalue weighted by Crippen LogP contribution is 2.67. The molecule has 0 fully saturated rings. The highest BCUT2D eigenvalue weighted by molar-refractivity contribution is 5.18. The van der Waals surface area contributed by atoms with E-state index in [-0.39, 0.29) is 12.8 Å². The minimum absolute atomic E-state index is 0.0587. The summed E-state index contributed by atoms with van der Waals surface area (Å²) < 4.78 is 310. The van der Waals surface area contributed by atoms with Crippen molar-refractivity contribution in [3.63, 3.8) is 0 Å². The van der Waals surface area contributed by atoms with Crippen LogP contribution in [0.25, 0.3) is 0 Å². The van der Waals surface area contributed by atoms with Crippen molar-refractivity contribution in [2.24, 2.45) is 0 Å². The molecular weight excluding hydrogens is 761 g/mol. The Morgan fingerprint density at radius 3 is 0.680 bits per heavy atom. The van der Waals surface area contributed by atoms with Gasteiger partial charge in [0.05, 0.1) is 0 Å². The second kappa shape index (κ2) is 16.2. The van der Waals surface area contributed by atoms with Gasteiger partial charge in [0.25, 0.3) is 0 Å². The minimum Gasteiger partial charge on any atom is -0.200 e. The summed E-state index contributed by atoms with van der Waals surface area (Å²) in [6.07, 6.45) is -3.28. The van der Waals surface area contributed by atoms with Gasteiger partial charge in [0.1, 0.15) is 0 Å². The molecule has 0 aromatic carbocycles. The van der Waals surface area contributed by atoms with Crippen molar-refractivity contribution in [3.05, 3.63) is 0 Å². The van der Waals surface area contributed by atoms with Crippen molar-refractivity contribution in [2.45, 2.75) is 169 Å². The van der Waals surface area contributed by atoms with Crippen LogP contribution in [0, 0.1) is 0 Å². The highest BCUT2D eigenvalue weighted by atomic mass is 19.4. The summed E-state index contributed by atoms with van der Waals surface area (Å²) in [6.45, 7) is 2.04. The molecule has 0 amide bonds. The van der Waals surface area contributed by atoms with E-state index in [0.29, 0.717) is 12.8 Å². The van der Waals surface area contributed by atoms with Crippen molar-refractivity contribution >= 4 is 0 Å². The Morgan fingerprint density at radius 2 is 0.440 bits per heavy atom. The third kappa shape index (κ3) is 8.60. The zero-order valence-electron chi connectivity index (χ0n) is 25.8. The first-order chi connectivity index (χ1) is 22.1. The fourth-order valence-corrected chi connectivity index (χ4v) is 4.49. The third-order valence-electron chi connectivity index (χ3n) is 7.81. The lowest BCUT2D eigenvalue weighted by Gasteiger charge is -2.45. The lowest BCUT2D eigenvalue weighted by Crippen LogP contribution is -2.77. The predicted octanol–water partition coefficient (Wildman–Crippen LogP) is 13.8. The van der Waals surface area contributed by atoms with Crippen LogP contribution in [0.15, 0.2) is 0 Å². The molecule has 0 nitrogen and oxygen atoms in total. The quantitative estimate of drug-likeness (QED) is 0.0674. The standard InChI is InChI=1S/C27H33F23/c1-2-3-4-5-6-7-8-9-10-11-12-13-14-15-16-17(28,29)18(30,31)19(32,33)20(34,35)21(36,37)22(38,39)23(40,41)24(42,43)25(44,45)26(46,47)27(48,49)50/h2-16H2,1H3. The maximum absolute atomic E-state index is 14.0. The molecule has 0 aliphatic heterocycles. The molecule has 0 unspecified atom stereocenters. The molecule has 0 N–H and O–H groups in total. The summed E-state index contributed by atoms with van der Waals surface area (Å²) in [5.41, 5.74) is 0. The van der Waals surface area contributed by atoms with Gasteiger partial charge in [-0.1, -0.05) is 90.4 Å². The normalized spacial score (nSPS) is 15.6. The monoisotopic (exact) mass is 794 g/mol. The summed E-state index contributed by atoms with van der Waals surface area (Å²) >= 11 is 0. The van der Waals surface area contributed by atoms with E-state index in [1.807, 2.05) is 6.92 Å². The lowest BCUT2D eigenvalue weighted by molar-refractivity contribution is -0.478. The van der Waals surface area contributed by atoms with Gasteiger partial charge in [-0.25, -0.2) is 0 Å². The van der Waals surface area contributed by atoms with E-state index in [1.54, 1.807) is 0 Å². The van der Waals surface area contributed by atoms with Crippen LogP contribution < -0.4 is 0 Å². The maximum atomic E-state index is 14.0. The van der Waals surface area contributed by atoms with Gasteiger partial charge in [0, 0.05) is 6.42 Å². The molecule has 50 heavy (non-hydrogen) atoms. The molecule has 0 spiro atoms. The molecule has 0 heterocycles. The first kappa shape index (κ1) is 48.4. The first-order valence-electron chi connectivity index (χ1n) is 14.9. The van der Waals surface area contributed by atoms with E-state index in [9.17, 15) is 101 Å². The molecule has 0 aromatic rings. The summed E-state index contributed by atoms with van der Waals surface area (Å²) in [4.78, 5) is 0. The van der Waals surface area contributed by atoms with Gasteiger partial charge in [-0.3, -0.25) is 0 Å². The van der Waals surface area contributed by atoms with Gasteiger partial charge < -0.3 is 0 Å². The van der Waals surface area contributed by atoms with Crippen molar-refractivity contribution < 1.29 is 101 Å². The Hall–Kier alpha value is -1.61. The molecule has 23 heteroatoms. The average Bonchev–Trinajstić information content (AvgIpc) is 2.95. The van der Waals surface area contributed by atoms with Crippen LogP contribution in [-0.4, -0.2) is 65.4 Å². The van der Waals surface area contributed by atoms with Gasteiger partial charge in [-0.05, 0) is 6.42 Å². The average molecular weight is 795 g/mol. The number of unbranched alkanes of at least 4 members (excludes halogenated alkanes) is 13. The Kier molecular flexibility index (Phi) is 15.7. The number of halogens is 23. The number of hydrogen-bond acceptors (Lipinski definition) is 0. The molecule has 0 saturated heterocycles. The van der Waals surface area contributed by atoms with Gasteiger partial charge in [-0.2, -0.15) is 101 Å². The second-order valence-corrected chi connectivity index (χ2v) is 11.7. The van der Waals surface area contributed by atoms with E-state index in [4.69, 9.17) is 0 Å². The van der Waals surface area contributed by atoms with E-state index >= 15 is 0 Å². The van der Waals surface area contributed by atoms with Gasteiger partial charge in [0.2, 0.25) is 0 Å². The van der Waals surface area contributed by atoms with Crippen LogP contribution in [0.1, 0.15) is 103 Å². The van der Waals surface area contributed by atoms with Crippen LogP contribution in [0.4, 0.5) is 101 Å². The second-order valence-electron chi connectivity index (χ2n) is 11.7. The van der Waals surface area contributed by atoms with Gasteiger partial charge >= 0.3 is 65.4 Å². The smallest absolute Gasteiger partial charge is 0.200 e. The summed E-state index contributed by atoms with van der Waals surface area (Å²) in [7, 11) is 0. The van der Waals surface area contributed by atoms with Crippen molar-refractivity contribution in [1.29, 1.82) is 0 Å². The Bertz CT molecular complexity index is 1030. The van der Waals surface area contributed by atoms with Crippen LogP contribution in [-0.2, 0) is 0 Å². The fourth-order valence-electron chi connectivity index (χ4n) is 4.49. The molecule has 0 atom stereocenters. The molecule has 0 rings (SSSR count). The fraction of sp³-hybridized carbons (Fsp3) is 1.00. The molecule has 0 radical (unpaired) electrons. The third-order valence-corrected chi connectivity index (χ3v) is 7.81. The van der Waals surface area contributed by atoms with Crippen molar-refractivity contribution in [2.75, 3.05) is 0 Å². The van der Waals surface area contributed by atoms with Crippen LogP contribution in [0.2, 0.25) is 0 Å². The maximum Gasteiger partial charge on any atom is 0.460 e. The SMILES string of the molecule is CCCCCCCCCCCCCCCCC(F)(F)C(F)(F)C(F)(F)C(F)(F)C(F)(F)C(F)(F)C(F)(F)C(F)(F)C(F)(F)C(F)(F)C(F)(F)F. The largest absolute Gasteiger partial charge is 0.460 e. The number of hydrogen-bond donors (Lipinski definition) is 0. The summed E-state index contributed by atoms with van der Waals surface area (Å²) in [6, 6.07) is 0. The Morgan fingerprint density at radius 1 is 0.240 bits per heavy atom. The van der Waals surface area contributed by atoms with Crippen molar-refractivity contribution in [3.8, 4) is 0 Å². The van der Waals surface area contributed by atoms with Crippen LogP contribution in [0.5, 0.6) is 0 Å². The molecular formula is C27H33F23. The van der Waals surface area contributed by atoms with Crippen molar-refractivity contribution in [1.82, 2.24) is 0 Å². The molecule has 0 aliphatic carbocycles. The molecule has 0 saturated carbocycles. The molecule has 0 aliphatic rings. The Labute approximate surface area is 270 Å². The minimum atomic E-state index is -9.36. The number of rotatable bonds is 24. The van der Waals surface area contributed by atoms with E-state index in [0.717, 1.165) is 51.4 Å². The molecule has 0 bridgehead atoms. The zero-order valence-corrected chi connectivity index (χ0v) is 25.8. The molecule has 0 aromatic heterocycles. The van der Waals surface area contributed by atoms with Crippen LogP contribution >= 0.6 is 0 Å². The summed E-state index contributed by atoms with van der Waals surface area (Å²) in [5, 5.41) is 0. The van der Waals surface area contributed by atoms with E-state index in [1.165, 1.54) is 0 Å². The highest BCUT2D eigenvalue weighted by Gasteiger charge is 2.98. The van der Waals surface area contributed by atoms with E-state index in [2.05, 4.69) is 0 Å². The lowest BCUT2D eigenvalue weighted by atomic mass is 9.84. The first-order valence-corrected chi connectivity index (χ1v) is 14.9. The zero-order chi connectivity index (χ0) is 40.1. The topological polar surface area (TPSA) is 0 Å². The van der Waals surface area contributed by atoms with Gasteiger partial charge in [0.15, 0.2) is 0 Å². The molecule has 302 valence electrons. The summed E-state index contributed by atoms with van der Waals surface area (Å²) in [5.74, 6) is -86.9. The van der Waals surface area contributed by atoms with E-state index < -0.39 is 84.7 Å². The Balaban J connectivity index is 5.84.